The molecular weight excluding hydrogens is 434 g/mol. The van der Waals surface area contributed by atoms with Crippen molar-refractivity contribution in [3.63, 3.8) is 0 Å². The van der Waals surface area contributed by atoms with Crippen LogP contribution in [-0.2, 0) is 0 Å². The van der Waals surface area contributed by atoms with E-state index in [-0.39, 0.29) is 11.6 Å². The summed E-state index contributed by atoms with van der Waals surface area (Å²) in [4.78, 5) is 8.96. The first-order chi connectivity index (χ1) is 16.6. The number of rotatable bonds is 7. The van der Waals surface area contributed by atoms with Gasteiger partial charge in [-0.2, -0.15) is 0 Å². The van der Waals surface area contributed by atoms with Gasteiger partial charge in [0, 0.05) is 12.4 Å². The maximum absolute atomic E-state index is 13.1. The standard InChI is InChI=1S/C28H22F2N2O2/c1-33-27-15-21(7-13-25(27)31-17-19-3-9-23(29)10-4-19)22-8-14-26(28(16-22)34-2)32-18-20-5-11-24(30)12-6-20/h3-18H,1-2H3. The van der Waals surface area contributed by atoms with Gasteiger partial charge in [-0.3, -0.25) is 9.98 Å². The molecule has 0 spiro atoms. The van der Waals surface area contributed by atoms with Gasteiger partial charge >= 0.3 is 0 Å². The van der Waals surface area contributed by atoms with E-state index in [1.165, 1.54) is 24.3 Å². The molecule has 0 aliphatic rings. The summed E-state index contributed by atoms with van der Waals surface area (Å²) < 4.78 is 37.3. The second kappa shape index (κ2) is 10.5. The van der Waals surface area contributed by atoms with Gasteiger partial charge < -0.3 is 9.47 Å². The Morgan fingerprint density at radius 2 is 0.941 bits per heavy atom. The van der Waals surface area contributed by atoms with Crippen molar-refractivity contribution in [2.75, 3.05) is 14.2 Å². The Morgan fingerprint density at radius 3 is 1.29 bits per heavy atom. The van der Waals surface area contributed by atoms with Gasteiger partial charge in [-0.05, 0) is 70.8 Å². The van der Waals surface area contributed by atoms with Crippen LogP contribution < -0.4 is 9.47 Å². The molecule has 0 saturated heterocycles. The minimum absolute atomic E-state index is 0.290. The van der Waals surface area contributed by atoms with Crippen molar-refractivity contribution < 1.29 is 18.3 Å². The number of benzene rings is 4. The molecule has 34 heavy (non-hydrogen) atoms. The van der Waals surface area contributed by atoms with Gasteiger partial charge in [-0.15, -0.1) is 0 Å². The van der Waals surface area contributed by atoms with Crippen LogP contribution in [0, 0.1) is 11.6 Å². The number of halogens is 2. The normalized spacial score (nSPS) is 11.3. The topological polar surface area (TPSA) is 43.2 Å². The quantitative estimate of drug-likeness (QED) is 0.277. The summed E-state index contributed by atoms with van der Waals surface area (Å²) >= 11 is 0. The van der Waals surface area contributed by atoms with Crippen LogP contribution in [0.4, 0.5) is 20.2 Å². The zero-order valence-corrected chi connectivity index (χ0v) is 18.7. The van der Waals surface area contributed by atoms with E-state index in [0.717, 1.165) is 22.3 Å². The average Bonchev–Trinajstić information content (AvgIpc) is 2.88. The fourth-order valence-corrected chi connectivity index (χ4v) is 3.31. The molecule has 0 radical (unpaired) electrons. The van der Waals surface area contributed by atoms with E-state index in [9.17, 15) is 8.78 Å². The lowest BCUT2D eigenvalue weighted by atomic mass is 10.0. The Hall–Kier alpha value is -4.32. The predicted molar refractivity (Wildman–Crippen MR) is 132 cm³/mol. The third-order valence-corrected chi connectivity index (χ3v) is 5.14. The van der Waals surface area contributed by atoms with Crippen LogP contribution in [0.2, 0.25) is 0 Å². The highest BCUT2D eigenvalue weighted by Gasteiger charge is 2.09. The summed E-state index contributed by atoms with van der Waals surface area (Å²) in [5.74, 6) is 0.629. The van der Waals surface area contributed by atoms with Crippen LogP contribution in [0.5, 0.6) is 11.5 Å². The molecule has 4 aromatic rings. The average molecular weight is 456 g/mol. The molecule has 4 aromatic carbocycles. The second-order valence-corrected chi connectivity index (χ2v) is 7.39. The lowest BCUT2D eigenvalue weighted by molar-refractivity contribution is 0.415. The number of hydrogen-bond acceptors (Lipinski definition) is 4. The molecule has 0 aliphatic carbocycles. The molecule has 0 aromatic heterocycles. The number of ether oxygens (including phenoxy) is 2. The highest BCUT2D eigenvalue weighted by molar-refractivity contribution is 5.84. The molecule has 0 saturated carbocycles. The van der Waals surface area contributed by atoms with Gasteiger partial charge in [0.25, 0.3) is 0 Å². The van der Waals surface area contributed by atoms with Gasteiger partial charge in [-0.1, -0.05) is 36.4 Å². The summed E-state index contributed by atoms with van der Waals surface area (Å²) in [6.45, 7) is 0. The third kappa shape index (κ3) is 5.53. The minimum Gasteiger partial charge on any atom is -0.494 e. The van der Waals surface area contributed by atoms with Gasteiger partial charge in [0.1, 0.15) is 34.5 Å². The number of hydrogen-bond donors (Lipinski definition) is 0. The highest BCUT2D eigenvalue weighted by atomic mass is 19.1. The molecule has 0 heterocycles. The molecule has 0 fully saturated rings. The van der Waals surface area contributed by atoms with E-state index in [2.05, 4.69) is 9.98 Å². The third-order valence-electron chi connectivity index (χ3n) is 5.14. The van der Waals surface area contributed by atoms with Gasteiger partial charge in [0.05, 0.1) is 14.2 Å². The maximum Gasteiger partial charge on any atom is 0.145 e. The molecule has 0 aliphatic heterocycles. The van der Waals surface area contributed by atoms with Gasteiger partial charge in [0.15, 0.2) is 0 Å². The fourth-order valence-electron chi connectivity index (χ4n) is 3.31. The summed E-state index contributed by atoms with van der Waals surface area (Å²) in [6.07, 6.45) is 3.32. The number of nitrogens with zero attached hydrogens (tertiary/aromatic N) is 2. The van der Waals surface area contributed by atoms with Crippen LogP contribution in [0.25, 0.3) is 11.1 Å². The molecule has 4 nitrogen and oxygen atoms in total. The first-order valence-electron chi connectivity index (χ1n) is 10.5. The highest BCUT2D eigenvalue weighted by Crippen LogP contribution is 2.36. The van der Waals surface area contributed by atoms with Crippen LogP contribution in [0.1, 0.15) is 11.1 Å². The summed E-state index contributed by atoms with van der Waals surface area (Å²) in [5.41, 5.74) is 4.73. The van der Waals surface area contributed by atoms with E-state index in [0.29, 0.717) is 22.9 Å². The molecular formula is C28H22F2N2O2. The lowest BCUT2D eigenvalue weighted by Gasteiger charge is -2.11. The van der Waals surface area contributed by atoms with Crippen molar-refractivity contribution in [3.8, 4) is 22.6 Å². The fraction of sp³-hybridized carbons (Fsp3) is 0.0714. The molecule has 0 atom stereocenters. The molecule has 0 amide bonds. The lowest BCUT2D eigenvalue weighted by Crippen LogP contribution is -1.89. The van der Waals surface area contributed by atoms with Crippen LogP contribution in [-0.4, -0.2) is 26.6 Å². The largest absolute Gasteiger partial charge is 0.494 e. The summed E-state index contributed by atoms with van der Waals surface area (Å²) in [6, 6.07) is 23.6. The van der Waals surface area contributed by atoms with E-state index in [4.69, 9.17) is 9.47 Å². The first kappa shape index (κ1) is 22.9. The van der Waals surface area contributed by atoms with E-state index in [1.54, 1.807) is 50.9 Å². The Kier molecular flexibility index (Phi) is 7.08. The van der Waals surface area contributed by atoms with Crippen molar-refractivity contribution in [1.82, 2.24) is 0 Å². The molecule has 170 valence electrons. The molecule has 0 bridgehead atoms. The Morgan fingerprint density at radius 1 is 0.559 bits per heavy atom. The Labute approximate surface area is 196 Å². The molecule has 4 rings (SSSR count). The molecule has 6 heteroatoms. The SMILES string of the molecule is COc1cc(-c2ccc(N=Cc3ccc(F)cc3)c(OC)c2)ccc1N=Cc1ccc(F)cc1. The van der Waals surface area contributed by atoms with Crippen molar-refractivity contribution in [1.29, 1.82) is 0 Å². The van der Waals surface area contributed by atoms with Gasteiger partial charge in [-0.25, -0.2) is 8.78 Å². The smallest absolute Gasteiger partial charge is 0.145 e. The molecule has 0 N–H and O–H groups in total. The van der Waals surface area contributed by atoms with Crippen molar-refractivity contribution in [2.45, 2.75) is 0 Å². The number of methoxy groups -OCH3 is 2. The zero-order chi connectivity index (χ0) is 23.9. The predicted octanol–water partition coefficient (Wildman–Crippen LogP) is 7.15. The number of aliphatic imine (C=N–C) groups is 2. The van der Waals surface area contributed by atoms with Crippen molar-refractivity contribution >= 4 is 23.8 Å². The molecule has 0 unspecified atom stereocenters. The van der Waals surface area contributed by atoms with E-state index < -0.39 is 0 Å². The van der Waals surface area contributed by atoms with E-state index >= 15 is 0 Å². The van der Waals surface area contributed by atoms with Crippen LogP contribution >= 0.6 is 0 Å². The Balaban J connectivity index is 1.58. The maximum atomic E-state index is 13.1. The van der Waals surface area contributed by atoms with E-state index in [1.807, 2.05) is 36.4 Å². The van der Waals surface area contributed by atoms with Crippen molar-refractivity contribution in [3.05, 3.63) is 108 Å². The second-order valence-electron chi connectivity index (χ2n) is 7.39. The van der Waals surface area contributed by atoms with Crippen LogP contribution in [0.15, 0.2) is 94.9 Å². The summed E-state index contributed by atoms with van der Waals surface area (Å²) in [7, 11) is 3.17. The minimum atomic E-state index is -0.290. The first-order valence-corrected chi connectivity index (χ1v) is 10.5. The summed E-state index contributed by atoms with van der Waals surface area (Å²) in [5, 5.41) is 0. The van der Waals surface area contributed by atoms with Crippen LogP contribution in [0.3, 0.4) is 0 Å². The monoisotopic (exact) mass is 456 g/mol. The Bertz CT molecular complexity index is 1230. The van der Waals surface area contributed by atoms with Crippen molar-refractivity contribution in [2.24, 2.45) is 9.98 Å². The zero-order valence-electron chi connectivity index (χ0n) is 18.7. The van der Waals surface area contributed by atoms with Gasteiger partial charge in [0.2, 0.25) is 0 Å².